The Labute approximate surface area is 223 Å². The molecule has 0 heterocycles. The number of ether oxygens (including phenoxy) is 1. The van der Waals surface area contributed by atoms with Gasteiger partial charge < -0.3 is 19.5 Å². The first-order chi connectivity index (χ1) is 18.0. The number of aliphatic carboxylic acids is 1. The Morgan fingerprint density at radius 3 is 1.65 bits per heavy atom. The maximum absolute atomic E-state index is 10.7. The molecular weight excluding hydrogens is 460 g/mol. The summed E-state index contributed by atoms with van der Waals surface area (Å²) in [7, 11) is 1.67. The Bertz CT molecular complexity index is 958. The molecule has 0 saturated heterocycles. The van der Waals surface area contributed by atoms with Crippen molar-refractivity contribution in [2.24, 2.45) is 0 Å². The molecule has 0 bridgehead atoms. The van der Waals surface area contributed by atoms with E-state index in [1.807, 2.05) is 24.3 Å². The predicted octanol–water partition coefficient (Wildman–Crippen LogP) is 3.82. The van der Waals surface area contributed by atoms with Gasteiger partial charge in [0.25, 0.3) is 0 Å². The van der Waals surface area contributed by atoms with Crippen LogP contribution in [0.25, 0.3) is 0 Å². The van der Waals surface area contributed by atoms with E-state index in [1.165, 1.54) is 19.6 Å². The summed E-state index contributed by atoms with van der Waals surface area (Å²) in [6.07, 6.45) is 2.46. The number of carbonyl (C=O) groups excluding carboxylic acids is 1. The summed E-state index contributed by atoms with van der Waals surface area (Å²) in [4.78, 5) is 12.3. The number of unbranched alkanes of at least 4 members (excludes halogenated alkanes) is 2. The number of rotatable bonds is 14. The van der Waals surface area contributed by atoms with E-state index in [0.29, 0.717) is 6.42 Å². The number of nitrogens with one attached hydrogen (secondary N) is 2. The van der Waals surface area contributed by atoms with Crippen LogP contribution in [-0.4, -0.2) is 39.3 Å². The SMILES string of the molecule is CC[NH+](CC)CC.COc1ccc(C(NCCCCCC(=O)[O-])(c2ccccc2)c2ccccc2)cc1. The van der Waals surface area contributed by atoms with Gasteiger partial charge in [-0.05, 0) is 75.4 Å². The Morgan fingerprint density at radius 1 is 0.757 bits per heavy atom. The van der Waals surface area contributed by atoms with E-state index in [1.54, 1.807) is 12.0 Å². The first-order valence-electron chi connectivity index (χ1n) is 13.6. The van der Waals surface area contributed by atoms with Crippen LogP contribution in [0.5, 0.6) is 5.75 Å². The second kappa shape index (κ2) is 16.6. The number of hydrogen-bond donors (Lipinski definition) is 2. The van der Waals surface area contributed by atoms with E-state index in [2.05, 4.69) is 86.8 Å². The van der Waals surface area contributed by atoms with E-state index in [9.17, 15) is 9.90 Å². The minimum absolute atomic E-state index is 0.112. The van der Waals surface area contributed by atoms with E-state index in [0.717, 1.165) is 41.8 Å². The van der Waals surface area contributed by atoms with Gasteiger partial charge in [0.1, 0.15) is 5.75 Å². The van der Waals surface area contributed by atoms with Gasteiger partial charge in [-0.25, -0.2) is 0 Å². The zero-order valence-corrected chi connectivity index (χ0v) is 23.0. The van der Waals surface area contributed by atoms with Gasteiger partial charge in [-0.15, -0.1) is 0 Å². The summed E-state index contributed by atoms with van der Waals surface area (Å²) in [5.41, 5.74) is 2.89. The second-order valence-electron chi connectivity index (χ2n) is 9.13. The van der Waals surface area contributed by atoms with Crippen LogP contribution >= 0.6 is 0 Å². The number of methoxy groups -OCH3 is 1. The largest absolute Gasteiger partial charge is 0.550 e. The van der Waals surface area contributed by atoms with Crippen molar-refractivity contribution in [2.45, 2.75) is 52.0 Å². The van der Waals surface area contributed by atoms with Crippen molar-refractivity contribution >= 4 is 5.97 Å². The van der Waals surface area contributed by atoms with Gasteiger partial charge in [-0.1, -0.05) is 79.2 Å². The number of benzene rings is 3. The molecule has 0 radical (unpaired) electrons. The van der Waals surface area contributed by atoms with Gasteiger partial charge in [0.05, 0.1) is 32.3 Å². The first-order valence-corrected chi connectivity index (χ1v) is 13.6. The molecule has 200 valence electrons. The maximum atomic E-state index is 10.7. The number of carbonyl (C=O) groups is 1. The van der Waals surface area contributed by atoms with Crippen molar-refractivity contribution in [1.82, 2.24) is 5.32 Å². The van der Waals surface area contributed by atoms with Crippen molar-refractivity contribution in [1.29, 1.82) is 0 Å². The fourth-order valence-electron chi connectivity index (χ4n) is 4.62. The molecule has 0 aromatic heterocycles. The normalized spacial score (nSPS) is 11.1. The molecule has 3 rings (SSSR count). The highest BCUT2D eigenvalue weighted by atomic mass is 16.5. The fraction of sp³-hybridized carbons (Fsp3) is 0.406. The molecule has 0 aliphatic carbocycles. The third-order valence-corrected chi connectivity index (χ3v) is 6.88. The van der Waals surface area contributed by atoms with Crippen LogP contribution in [0.2, 0.25) is 0 Å². The van der Waals surface area contributed by atoms with Crippen molar-refractivity contribution in [3.05, 3.63) is 102 Å². The van der Waals surface area contributed by atoms with Crippen molar-refractivity contribution < 1.29 is 19.5 Å². The summed E-state index contributed by atoms with van der Waals surface area (Å²) >= 11 is 0. The molecule has 0 aliphatic rings. The lowest BCUT2D eigenvalue weighted by molar-refractivity contribution is -0.894. The average Bonchev–Trinajstić information content (AvgIpc) is 2.95. The smallest absolute Gasteiger partial charge is 0.118 e. The summed E-state index contributed by atoms with van der Waals surface area (Å²) in [5.74, 6) is -0.167. The highest BCUT2D eigenvalue weighted by Crippen LogP contribution is 2.37. The van der Waals surface area contributed by atoms with Crippen molar-refractivity contribution in [3.8, 4) is 5.75 Å². The average molecular weight is 505 g/mol. The van der Waals surface area contributed by atoms with E-state index in [-0.39, 0.29) is 6.42 Å². The first kappa shape index (κ1) is 30.1. The molecule has 0 saturated carbocycles. The molecule has 0 atom stereocenters. The molecule has 3 aromatic carbocycles. The van der Waals surface area contributed by atoms with E-state index in [4.69, 9.17) is 4.74 Å². The molecule has 0 amide bonds. The standard InChI is InChI=1S/C26H29NO3.C6H15N/c1-30-24-18-16-23(17-19-24)26(21-11-5-2-6-12-21,22-13-7-3-8-14-22)27-20-10-4-9-15-25(28)29;1-4-7(5-2)6-3/h2-3,5-8,11-14,16-19,27H,4,9-10,15,20H2,1H3,(H,28,29);4-6H2,1-3H3. The van der Waals surface area contributed by atoms with Crippen molar-refractivity contribution in [2.75, 3.05) is 33.3 Å². The van der Waals surface area contributed by atoms with Gasteiger partial charge >= 0.3 is 0 Å². The molecule has 0 spiro atoms. The molecule has 0 unspecified atom stereocenters. The van der Waals surface area contributed by atoms with Gasteiger partial charge in [0.2, 0.25) is 0 Å². The van der Waals surface area contributed by atoms with Gasteiger partial charge in [-0.3, -0.25) is 5.32 Å². The summed E-state index contributed by atoms with van der Waals surface area (Å²) in [6.45, 7) is 11.2. The summed E-state index contributed by atoms with van der Waals surface area (Å²) in [6, 6.07) is 29.0. The Hall–Kier alpha value is -3.15. The minimum Gasteiger partial charge on any atom is -0.550 e. The van der Waals surface area contributed by atoms with Gasteiger partial charge in [-0.2, -0.15) is 0 Å². The van der Waals surface area contributed by atoms with Crippen LogP contribution in [0.1, 0.15) is 63.1 Å². The lowest BCUT2D eigenvalue weighted by Gasteiger charge is -2.37. The second-order valence-corrected chi connectivity index (χ2v) is 9.13. The lowest BCUT2D eigenvalue weighted by atomic mass is 9.77. The zero-order chi connectivity index (χ0) is 26.9. The fourth-order valence-corrected chi connectivity index (χ4v) is 4.62. The third-order valence-electron chi connectivity index (χ3n) is 6.88. The number of carboxylic acids is 1. The summed E-state index contributed by atoms with van der Waals surface area (Å²) < 4.78 is 5.36. The maximum Gasteiger partial charge on any atom is 0.118 e. The Kier molecular flexibility index (Phi) is 13.5. The van der Waals surface area contributed by atoms with Crippen LogP contribution < -0.4 is 20.1 Å². The minimum atomic E-state index is -0.982. The predicted molar refractivity (Wildman–Crippen MR) is 150 cm³/mol. The van der Waals surface area contributed by atoms with Crippen molar-refractivity contribution in [3.63, 3.8) is 0 Å². The molecule has 37 heavy (non-hydrogen) atoms. The zero-order valence-electron chi connectivity index (χ0n) is 23.0. The topological polar surface area (TPSA) is 65.8 Å². The lowest BCUT2D eigenvalue weighted by Crippen LogP contribution is -3.11. The Morgan fingerprint density at radius 2 is 1.24 bits per heavy atom. The molecule has 5 nitrogen and oxygen atoms in total. The van der Waals surface area contributed by atoms with Crippen LogP contribution in [0, 0.1) is 0 Å². The van der Waals surface area contributed by atoms with E-state index < -0.39 is 11.5 Å². The van der Waals surface area contributed by atoms with Crippen LogP contribution in [0.4, 0.5) is 0 Å². The number of quaternary nitrogens is 1. The van der Waals surface area contributed by atoms with E-state index >= 15 is 0 Å². The highest BCUT2D eigenvalue weighted by Gasteiger charge is 2.35. The van der Waals surface area contributed by atoms with Crippen LogP contribution in [0.3, 0.4) is 0 Å². The molecule has 3 aromatic rings. The number of carboxylic acid groups (broad SMARTS) is 1. The van der Waals surface area contributed by atoms with Gasteiger partial charge in [0.15, 0.2) is 0 Å². The monoisotopic (exact) mass is 504 g/mol. The highest BCUT2D eigenvalue weighted by molar-refractivity contribution is 5.64. The molecular formula is C32H44N2O3. The summed E-state index contributed by atoms with van der Waals surface area (Å²) in [5, 5.41) is 14.5. The third kappa shape index (κ3) is 9.03. The molecule has 5 heteroatoms. The van der Waals surface area contributed by atoms with Gasteiger partial charge in [0, 0.05) is 5.97 Å². The molecule has 0 aliphatic heterocycles. The quantitative estimate of drug-likeness (QED) is 0.259. The molecule has 0 fully saturated rings. The van der Waals surface area contributed by atoms with Crippen LogP contribution in [-0.2, 0) is 10.3 Å². The Balaban J connectivity index is 0.000000604. The number of hydrogen-bond acceptors (Lipinski definition) is 4. The van der Waals surface area contributed by atoms with Crippen LogP contribution in [0.15, 0.2) is 84.9 Å². The molecule has 2 N–H and O–H groups in total.